The van der Waals surface area contributed by atoms with Crippen LogP contribution in [-0.2, 0) is 10.0 Å². The van der Waals surface area contributed by atoms with Gasteiger partial charge in [0, 0.05) is 6.04 Å². The summed E-state index contributed by atoms with van der Waals surface area (Å²) in [4.78, 5) is 0. The van der Waals surface area contributed by atoms with E-state index in [4.69, 9.17) is 0 Å². The van der Waals surface area contributed by atoms with Crippen molar-refractivity contribution in [3.8, 4) is 0 Å². The van der Waals surface area contributed by atoms with Crippen molar-refractivity contribution in [1.82, 2.24) is 4.72 Å². The second-order valence-corrected chi connectivity index (χ2v) is 7.54. The molecule has 1 aliphatic carbocycles. The van der Waals surface area contributed by atoms with Gasteiger partial charge in [-0.05, 0) is 30.7 Å². The van der Waals surface area contributed by atoms with E-state index >= 15 is 0 Å². The maximum Gasteiger partial charge on any atom is 0.391 e. The van der Waals surface area contributed by atoms with Crippen LogP contribution in [0.2, 0.25) is 0 Å². The minimum Gasteiger partial charge on any atom is -0.207 e. The van der Waals surface area contributed by atoms with Crippen LogP contribution >= 0.6 is 11.3 Å². The van der Waals surface area contributed by atoms with Crippen molar-refractivity contribution >= 4 is 21.4 Å². The SMILES string of the molecule is O=S(=O)(NC1CCCC(C(F)(F)F)C1)c1cccs1. The summed E-state index contributed by atoms with van der Waals surface area (Å²) in [5, 5.41) is 1.62. The van der Waals surface area contributed by atoms with E-state index in [1.54, 1.807) is 11.4 Å². The van der Waals surface area contributed by atoms with Crippen LogP contribution in [0.1, 0.15) is 25.7 Å². The van der Waals surface area contributed by atoms with Gasteiger partial charge in [0.25, 0.3) is 0 Å². The fourth-order valence-electron chi connectivity index (χ4n) is 2.29. The predicted octanol–water partition coefficient (Wildman–Crippen LogP) is 3.15. The first-order valence-corrected chi connectivity index (χ1v) is 8.28. The molecule has 1 saturated carbocycles. The molecule has 3 nitrogen and oxygen atoms in total. The van der Waals surface area contributed by atoms with Crippen LogP contribution in [0, 0.1) is 5.92 Å². The fourth-order valence-corrected chi connectivity index (χ4v) is 4.58. The summed E-state index contributed by atoms with van der Waals surface area (Å²) in [6.45, 7) is 0. The third-order valence-electron chi connectivity index (χ3n) is 3.22. The molecule has 1 aliphatic rings. The molecule has 1 heterocycles. The molecule has 0 bridgehead atoms. The minimum atomic E-state index is -4.24. The second kappa shape index (κ2) is 5.41. The summed E-state index contributed by atoms with van der Waals surface area (Å²) in [6.07, 6.45) is -3.49. The van der Waals surface area contributed by atoms with Crippen molar-refractivity contribution in [1.29, 1.82) is 0 Å². The van der Waals surface area contributed by atoms with Gasteiger partial charge >= 0.3 is 6.18 Å². The Morgan fingerprint density at radius 1 is 1.32 bits per heavy atom. The maximum absolute atomic E-state index is 12.6. The molecule has 2 rings (SSSR count). The van der Waals surface area contributed by atoms with Gasteiger partial charge in [-0.2, -0.15) is 13.2 Å². The summed E-state index contributed by atoms with van der Waals surface area (Å²) >= 11 is 1.05. The Labute approximate surface area is 113 Å². The van der Waals surface area contributed by atoms with Gasteiger partial charge in [-0.1, -0.05) is 12.5 Å². The van der Waals surface area contributed by atoms with Crippen LogP contribution in [-0.4, -0.2) is 20.6 Å². The highest BCUT2D eigenvalue weighted by molar-refractivity contribution is 7.91. The topological polar surface area (TPSA) is 46.2 Å². The first-order valence-electron chi connectivity index (χ1n) is 5.91. The normalized spacial score (nSPS) is 25.4. The quantitative estimate of drug-likeness (QED) is 0.932. The minimum absolute atomic E-state index is 0.0841. The van der Waals surface area contributed by atoms with Gasteiger partial charge < -0.3 is 0 Å². The van der Waals surface area contributed by atoms with E-state index < -0.39 is 28.2 Å². The summed E-state index contributed by atoms with van der Waals surface area (Å²) in [5.74, 6) is -1.41. The highest BCUT2D eigenvalue weighted by Crippen LogP contribution is 2.37. The summed E-state index contributed by atoms with van der Waals surface area (Å²) in [6, 6.07) is 2.41. The summed E-state index contributed by atoms with van der Waals surface area (Å²) in [5.41, 5.74) is 0. The van der Waals surface area contributed by atoms with E-state index in [2.05, 4.69) is 4.72 Å². The van der Waals surface area contributed by atoms with Gasteiger partial charge in [0.1, 0.15) is 4.21 Å². The summed E-state index contributed by atoms with van der Waals surface area (Å²) in [7, 11) is -3.68. The van der Waals surface area contributed by atoms with Gasteiger partial charge in [0.2, 0.25) is 10.0 Å². The molecule has 1 aromatic rings. The zero-order valence-electron chi connectivity index (χ0n) is 9.98. The standard InChI is InChI=1S/C11H14F3NO2S2/c12-11(13,14)8-3-1-4-9(7-8)15-19(16,17)10-5-2-6-18-10/h2,5-6,8-9,15H,1,3-4,7H2. The van der Waals surface area contributed by atoms with E-state index in [-0.39, 0.29) is 17.1 Å². The van der Waals surface area contributed by atoms with Gasteiger partial charge in [0.15, 0.2) is 0 Å². The van der Waals surface area contributed by atoms with Crippen LogP contribution in [0.4, 0.5) is 13.2 Å². The Morgan fingerprint density at radius 3 is 2.63 bits per heavy atom. The molecule has 108 valence electrons. The Balaban J connectivity index is 2.04. The average molecular weight is 313 g/mol. The van der Waals surface area contributed by atoms with Crippen LogP contribution < -0.4 is 4.72 Å². The van der Waals surface area contributed by atoms with Gasteiger partial charge in [-0.3, -0.25) is 0 Å². The third-order valence-corrected chi connectivity index (χ3v) is 6.14. The molecule has 0 aliphatic heterocycles. The molecule has 1 fully saturated rings. The van der Waals surface area contributed by atoms with Crippen LogP contribution in [0.25, 0.3) is 0 Å². The van der Waals surface area contributed by atoms with Crippen molar-refractivity contribution in [2.45, 2.75) is 42.1 Å². The van der Waals surface area contributed by atoms with Gasteiger partial charge in [-0.15, -0.1) is 11.3 Å². The molecule has 0 saturated heterocycles. The zero-order chi connectivity index (χ0) is 14.1. The first kappa shape index (κ1) is 14.8. The number of sulfonamides is 1. The smallest absolute Gasteiger partial charge is 0.207 e. The molecule has 8 heteroatoms. The van der Waals surface area contributed by atoms with E-state index in [0.717, 1.165) is 11.3 Å². The fraction of sp³-hybridized carbons (Fsp3) is 0.636. The number of hydrogen-bond acceptors (Lipinski definition) is 3. The van der Waals surface area contributed by atoms with Crippen molar-refractivity contribution < 1.29 is 21.6 Å². The highest BCUT2D eigenvalue weighted by Gasteiger charge is 2.42. The lowest BCUT2D eigenvalue weighted by Gasteiger charge is -2.30. The zero-order valence-corrected chi connectivity index (χ0v) is 11.6. The number of halogens is 3. The number of hydrogen-bond donors (Lipinski definition) is 1. The summed E-state index contributed by atoms with van der Waals surface area (Å²) < 4.78 is 64.3. The average Bonchev–Trinajstić information content (AvgIpc) is 2.81. The molecule has 1 N–H and O–H groups in total. The largest absolute Gasteiger partial charge is 0.391 e. The lowest BCUT2D eigenvalue weighted by Crippen LogP contribution is -2.41. The first-order chi connectivity index (χ1) is 8.79. The third kappa shape index (κ3) is 3.70. The molecule has 2 atom stereocenters. The molecule has 1 aromatic heterocycles. The molecule has 0 radical (unpaired) electrons. The second-order valence-electron chi connectivity index (χ2n) is 4.66. The number of nitrogens with one attached hydrogen (secondary N) is 1. The Morgan fingerprint density at radius 2 is 2.05 bits per heavy atom. The van der Waals surface area contributed by atoms with E-state index in [9.17, 15) is 21.6 Å². The van der Waals surface area contributed by atoms with Gasteiger partial charge in [-0.25, -0.2) is 13.1 Å². The number of alkyl halides is 3. The number of rotatable bonds is 3. The Kier molecular flexibility index (Phi) is 4.22. The van der Waals surface area contributed by atoms with E-state index in [1.807, 2.05) is 0 Å². The monoisotopic (exact) mass is 313 g/mol. The lowest BCUT2D eigenvalue weighted by molar-refractivity contribution is -0.183. The van der Waals surface area contributed by atoms with Gasteiger partial charge in [0.05, 0.1) is 5.92 Å². The van der Waals surface area contributed by atoms with Crippen molar-refractivity contribution in [3.05, 3.63) is 17.5 Å². The molecule has 2 unspecified atom stereocenters. The van der Waals surface area contributed by atoms with Crippen molar-refractivity contribution in [2.24, 2.45) is 5.92 Å². The van der Waals surface area contributed by atoms with Crippen molar-refractivity contribution in [2.75, 3.05) is 0 Å². The van der Waals surface area contributed by atoms with E-state index in [1.165, 1.54) is 6.07 Å². The molecule has 0 aromatic carbocycles. The van der Waals surface area contributed by atoms with Crippen LogP contribution in [0.15, 0.2) is 21.7 Å². The van der Waals surface area contributed by atoms with Crippen LogP contribution in [0.3, 0.4) is 0 Å². The van der Waals surface area contributed by atoms with Crippen molar-refractivity contribution in [3.63, 3.8) is 0 Å². The molecule has 19 heavy (non-hydrogen) atoms. The van der Waals surface area contributed by atoms with Crippen LogP contribution in [0.5, 0.6) is 0 Å². The maximum atomic E-state index is 12.6. The number of thiophene rings is 1. The highest BCUT2D eigenvalue weighted by atomic mass is 32.2. The molecule has 0 amide bonds. The lowest BCUT2D eigenvalue weighted by atomic mass is 9.86. The molecular formula is C11H14F3NO2S2. The Bertz CT molecular complexity index is 511. The molecular weight excluding hydrogens is 299 g/mol. The molecule has 0 spiro atoms. The predicted molar refractivity (Wildman–Crippen MR) is 66.4 cm³/mol. The van der Waals surface area contributed by atoms with E-state index in [0.29, 0.717) is 12.8 Å². The Hall–Kier alpha value is -0.600.